The number of nitrogens with zero attached hydrogens (tertiary/aromatic N) is 3. The first-order valence-corrected chi connectivity index (χ1v) is 21.5. The van der Waals surface area contributed by atoms with Gasteiger partial charge in [-0.05, 0) is 76.4 Å². The average molecular weight is 757 g/mol. The fourth-order valence-electron chi connectivity index (χ4n) is 5.26. The highest BCUT2D eigenvalue weighted by Crippen LogP contribution is 2.17. The van der Waals surface area contributed by atoms with E-state index in [1.54, 1.807) is 0 Å². The lowest BCUT2D eigenvalue weighted by atomic mass is 10.4. The van der Waals surface area contributed by atoms with E-state index in [9.17, 15) is 0 Å². The zero-order valence-corrected chi connectivity index (χ0v) is 33.2. The van der Waals surface area contributed by atoms with Crippen LogP contribution in [0.2, 0.25) is 0 Å². The number of likely N-dealkylation sites (N-methyl/N-ethyl adjacent to an activating group) is 1. The summed E-state index contributed by atoms with van der Waals surface area (Å²) in [6.07, 6.45) is 2.79. The minimum atomic E-state index is 0. The van der Waals surface area contributed by atoms with Crippen molar-refractivity contribution >= 4 is 35.3 Å². The Labute approximate surface area is 324 Å². The van der Waals surface area contributed by atoms with Gasteiger partial charge in [0.15, 0.2) is 0 Å². The Morgan fingerprint density at radius 1 is 0.529 bits per heavy atom. The maximum atomic E-state index is 5.33. The molecule has 0 radical (unpaired) electrons. The Morgan fingerprint density at radius 2 is 0.902 bits per heavy atom. The fourth-order valence-corrected chi connectivity index (χ4v) is 7.75. The van der Waals surface area contributed by atoms with E-state index in [0.717, 1.165) is 95.9 Å². The normalized spacial score (nSPS) is 14.6. The van der Waals surface area contributed by atoms with Crippen LogP contribution in [-0.4, -0.2) is 144 Å². The summed E-state index contributed by atoms with van der Waals surface area (Å²) in [6, 6.07) is 31.7. The molecule has 10 heteroatoms. The predicted molar refractivity (Wildman–Crippen MR) is 228 cm³/mol. The zero-order valence-electron chi connectivity index (χ0n) is 30.8. The lowest BCUT2D eigenvalue weighted by Crippen LogP contribution is -2.40. The predicted octanol–water partition coefficient (Wildman–Crippen LogP) is 6.73. The molecule has 7 nitrogen and oxygen atoms in total. The van der Waals surface area contributed by atoms with Gasteiger partial charge in [-0.3, -0.25) is 4.90 Å². The third-order valence-electron chi connectivity index (χ3n) is 8.12. The number of likely N-dealkylation sites (tertiary alicyclic amines) is 1. The van der Waals surface area contributed by atoms with Crippen molar-refractivity contribution in [2.24, 2.45) is 0 Å². The van der Waals surface area contributed by atoms with E-state index in [0.29, 0.717) is 0 Å². The second-order valence-corrected chi connectivity index (χ2v) is 16.0. The van der Waals surface area contributed by atoms with Crippen LogP contribution in [0.4, 0.5) is 0 Å². The summed E-state index contributed by atoms with van der Waals surface area (Å²) >= 11 is 5.74. The monoisotopic (exact) mass is 756 g/mol. The Balaban J connectivity index is 0.000000264. The molecule has 2 aliphatic rings. The minimum Gasteiger partial charge on any atom is -0.379 e. The van der Waals surface area contributed by atoms with E-state index >= 15 is 0 Å². The molecule has 3 aromatic rings. The lowest BCUT2D eigenvalue weighted by molar-refractivity contribution is 0.0385. The van der Waals surface area contributed by atoms with Crippen molar-refractivity contribution in [3.8, 4) is 0 Å². The summed E-state index contributed by atoms with van der Waals surface area (Å²) in [5.74, 6) is 3.43. The molecule has 0 amide bonds. The Bertz CT molecular complexity index is 1150. The van der Waals surface area contributed by atoms with Gasteiger partial charge in [0.1, 0.15) is 0 Å². The SMILES string of the molecule is C.CN(C)CCNCCSc1ccccc1.c1ccc(SCCNCCN2CCCC2)cc1.c1ccc(SCCNCCN2CCOCC2)cc1. The fraction of sp³-hybridized carbons (Fsp3) is 0.561. The first kappa shape index (κ1) is 45.6. The molecular weight excluding hydrogens is 689 g/mol. The summed E-state index contributed by atoms with van der Waals surface area (Å²) in [5, 5.41) is 10.4. The molecule has 2 heterocycles. The van der Waals surface area contributed by atoms with E-state index in [1.807, 2.05) is 35.3 Å². The van der Waals surface area contributed by atoms with Gasteiger partial charge in [-0.25, -0.2) is 0 Å². The molecule has 0 saturated carbocycles. The standard InChI is InChI=1S/C14H22N2OS.C14H22N2S.C12H20N2S.CH4/c1-2-4-14(5-3-1)18-13-7-15-6-8-16-9-11-17-12-10-16;1-2-6-14(7-3-1)17-13-9-15-8-12-16-10-4-5-11-16;1-14(2)10-8-13-9-11-15-12-6-4-3-5-7-12;/h1-5,15H,6-13H2;1-3,6-7,15H,4-5,8-13H2;3-7,13H,8-11H2,1-2H3;1H4. The highest BCUT2D eigenvalue weighted by Gasteiger charge is 2.10. The van der Waals surface area contributed by atoms with Crippen LogP contribution in [0, 0.1) is 0 Å². The molecule has 0 atom stereocenters. The van der Waals surface area contributed by atoms with Gasteiger partial charge in [0.05, 0.1) is 13.2 Å². The number of rotatable bonds is 21. The molecule has 0 unspecified atom stereocenters. The van der Waals surface area contributed by atoms with Gasteiger partial charge >= 0.3 is 0 Å². The van der Waals surface area contributed by atoms with Gasteiger partial charge in [0, 0.05) is 104 Å². The largest absolute Gasteiger partial charge is 0.379 e. The van der Waals surface area contributed by atoms with Crippen molar-refractivity contribution in [3.05, 3.63) is 91.0 Å². The van der Waals surface area contributed by atoms with Crippen molar-refractivity contribution < 1.29 is 4.74 Å². The molecule has 2 aliphatic heterocycles. The van der Waals surface area contributed by atoms with Crippen LogP contribution in [0.3, 0.4) is 0 Å². The maximum absolute atomic E-state index is 5.33. The highest BCUT2D eigenvalue weighted by molar-refractivity contribution is 7.99. The number of ether oxygens (including phenoxy) is 1. The van der Waals surface area contributed by atoms with Gasteiger partial charge < -0.3 is 30.5 Å². The number of hydrogen-bond donors (Lipinski definition) is 3. The summed E-state index contributed by atoms with van der Waals surface area (Å²) in [4.78, 5) is 11.3. The number of hydrogen-bond acceptors (Lipinski definition) is 10. The smallest absolute Gasteiger partial charge is 0.0594 e. The van der Waals surface area contributed by atoms with Crippen LogP contribution in [0.1, 0.15) is 20.3 Å². The van der Waals surface area contributed by atoms with Crippen molar-refractivity contribution in [3.63, 3.8) is 0 Å². The second-order valence-electron chi connectivity index (χ2n) is 12.5. The molecule has 0 bridgehead atoms. The molecule has 0 spiro atoms. The molecule has 2 saturated heterocycles. The quantitative estimate of drug-likeness (QED) is 0.0807. The van der Waals surface area contributed by atoms with Crippen LogP contribution in [0.15, 0.2) is 106 Å². The zero-order chi connectivity index (χ0) is 35.2. The Kier molecular flexibility index (Phi) is 28.5. The van der Waals surface area contributed by atoms with E-state index in [4.69, 9.17) is 4.74 Å². The van der Waals surface area contributed by atoms with Crippen LogP contribution in [-0.2, 0) is 4.74 Å². The molecule has 0 aliphatic carbocycles. The third kappa shape index (κ3) is 25.1. The van der Waals surface area contributed by atoms with Gasteiger partial charge in [0.2, 0.25) is 0 Å². The topological polar surface area (TPSA) is 55.0 Å². The van der Waals surface area contributed by atoms with Crippen molar-refractivity contribution in [2.75, 3.05) is 130 Å². The van der Waals surface area contributed by atoms with Crippen LogP contribution < -0.4 is 16.0 Å². The lowest BCUT2D eigenvalue weighted by Gasteiger charge is -2.26. The summed E-state index contributed by atoms with van der Waals surface area (Å²) < 4.78 is 5.33. The Morgan fingerprint density at radius 3 is 1.29 bits per heavy atom. The summed E-state index contributed by atoms with van der Waals surface area (Å²) in [6.45, 7) is 16.6. The molecule has 51 heavy (non-hydrogen) atoms. The molecule has 3 N–H and O–H groups in total. The van der Waals surface area contributed by atoms with Crippen molar-refractivity contribution in [2.45, 2.75) is 35.0 Å². The molecule has 0 aromatic heterocycles. The highest BCUT2D eigenvalue weighted by atomic mass is 32.2. The van der Waals surface area contributed by atoms with E-state index < -0.39 is 0 Å². The average Bonchev–Trinajstić information content (AvgIpc) is 3.69. The van der Waals surface area contributed by atoms with Gasteiger partial charge in [0.25, 0.3) is 0 Å². The Hall–Kier alpha value is -1.57. The van der Waals surface area contributed by atoms with Crippen LogP contribution >= 0.6 is 35.3 Å². The first-order valence-electron chi connectivity index (χ1n) is 18.5. The van der Waals surface area contributed by atoms with Gasteiger partial charge in [-0.2, -0.15) is 0 Å². The molecule has 5 rings (SSSR count). The molecule has 3 aromatic carbocycles. The summed E-state index contributed by atoms with van der Waals surface area (Å²) in [7, 11) is 4.20. The van der Waals surface area contributed by atoms with E-state index in [2.05, 4.69) is 136 Å². The van der Waals surface area contributed by atoms with Crippen LogP contribution in [0.5, 0.6) is 0 Å². The number of nitrogens with one attached hydrogen (secondary N) is 3. The number of benzene rings is 3. The minimum absolute atomic E-state index is 0. The van der Waals surface area contributed by atoms with Crippen molar-refractivity contribution in [1.82, 2.24) is 30.7 Å². The molecule has 2 fully saturated rings. The third-order valence-corrected chi connectivity index (χ3v) is 11.2. The second kappa shape index (κ2) is 31.9. The molecular formula is C41H68N6OS3. The van der Waals surface area contributed by atoms with Crippen molar-refractivity contribution in [1.29, 1.82) is 0 Å². The van der Waals surface area contributed by atoms with E-state index in [-0.39, 0.29) is 7.43 Å². The number of thioether (sulfide) groups is 3. The van der Waals surface area contributed by atoms with Gasteiger partial charge in [-0.15, -0.1) is 35.3 Å². The molecule has 286 valence electrons. The summed E-state index contributed by atoms with van der Waals surface area (Å²) in [5.41, 5.74) is 0. The first-order chi connectivity index (χ1) is 24.7. The van der Waals surface area contributed by atoms with E-state index in [1.165, 1.54) is 47.2 Å². The van der Waals surface area contributed by atoms with Crippen LogP contribution in [0.25, 0.3) is 0 Å². The maximum Gasteiger partial charge on any atom is 0.0594 e. The number of morpholine rings is 1. The van der Waals surface area contributed by atoms with Gasteiger partial charge in [-0.1, -0.05) is 62.0 Å².